The molecule has 0 bridgehead atoms. The molecule has 0 radical (unpaired) electrons. The van der Waals surface area contributed by atoms with Gasteiger partial charge in [-0.25, -0.2) is 0 Å². The summed E-state index contributed by atoms with van der Waals surface area (Å²) in [5, 5.41) is 4.49. The van der Waals surface area contributed by atoms with E-state index in [1.165, 1.54) is 30.4 Å². The molecular formula is C10H15NS. The minimum Gasteiger partial charge on any atom is -0.330 e. The van der Waals surface area contributed by atoms with E-state index in [9.17, 15) is 0 Å². The Morgan fingerprint density at radius 3 is 2.67 bits per heavy atom. The summed E-state index contributed by atoms with van der Waals surface area (Å²) in [6.45, 7) is 3.06. The van der Waals surface area contributed by atoms with Crippen LogP contribution in [-0.4, -0.2) is 6.54 Å². The first kappa shape index (κ1) is 8.27. The van der Waals surface area contributed by atoms with Crippen LogP contribution in [0.5, 0.6) is 0 Å². The van der Waals surface area contributed by atoms with Crippen LogP contribution in [0.25, 0.3) is 0 Å². The van der Waals surface area contributed by atoms with Gasteiger partial charge in [-0.1, -0.05) is 0 Å². The molecule has 1 aromatic heterocycles. The third-order valence-corrected chi connectivity index (χ3v) is 3.83. The second kappa shape index (κ2) is 2.86. The van der Waals surface area contributed by atoms with Crippen molar-refractivity contribution in [3.8, 4) is 0 Å². The van der Waals surface area contributed by atoms with Crippen LogP contribution in [0.15, 0.2) is 10.8 Å². The summed E-state index contributed by atoms with van der Waals surface area (Å²) in [6, 6.07) is 0. The number of aryl methyl sites for hydroxylation is 1. The van der Waals surface area contributed by atoms with Gasteiger partial charge in [0.15, 0.2) is 0 Å². The maximum Gasteiger partial charge on any atom is -0.00173 e. The zero-order valence-electron chi connectivity index (χ0n) is 7.47. The number of hydrogen-bond donors (Lipinski definition) is 1. The smallest absolute Gasteiger partial charge is 0.00173 e. The molecule has 0 aromatic carbocycles. The molecule has 1 heterocycles. The van der Waals surface area contributed by atoms with Gasteiger partial charge in [0.05, 0.1) is 0 Å². The summed E-state index contributed by atoms with van der Waals surface area (Å²) in [5.41, 5.74) is 9.19. The highest BCUT2D eigenvalue weighted by Gasteiger charge is 2.41. The third kappa shape index (κ3) is 1.41. The summed E-state index contributed by atoms with van der Waals surface area (Å²) in [7, 11) is 0. The monoisotopic (exact) mass is 181 g/mol. The normalized spacial score (nSPS) is 19.5. The third-order valence-electron chi connectivity index (χ3n) is 2.92. The summed E-state index contributed by atoms with van der Waals surface area (Å²) >= 11 is 1.80. The Morgan fingerprint density at radius 1 is 1.50 bits per heavy atom. The molecule has 0 atom stereocenters. The fourth-order valence-corrected chi connectivity index (χ4v) is 2.46. The summed E-state index contributed by atoms with van der Waals surface area (Å²) in [6.07, 6.45) is 3.87. The molecule has 0 unspecified atom stereocenters. The second-order valence-electron chi connectivity index (χ2n) is 3.96. The van der Waals surface area contributed by atoms with Crippen LogP contribution in [0.2, 0.25) is 0 Å². The van der Waals surface area contributed by atoms with Crippen molar-refractivity contribution in [2.24, 2.45) is 11.1 Å². The highest BCUT2D eigenvalue weighted by atomic mass is 32.1. The van der Waals surface area contributed by atoms with E-state index in [0.29, 0.717) is 5.41 Å². The van der Waals surface area contributed by atoms with Gasteiger partial charge in [0.25, 0.3) is 0 Å². The molecule has 1 aliphatic rings. The Bertz CT molecular complexity index is 273. The number of thiophene rings is 1. The quantitative estimate of drug-likeness (QED) is 0.761. The van der Waals surface area contributed by atoms with E-state index < -0.39 is 0 Å². The van der Waals surface area contributed by atoms with Crippen molar-refractivity contribution < 1.29 is 0 Å². The summed E-state index contributed by atoms with van der Waals surface area (Å²) in [5.74, 6) is 0. The van der Waals surface area contributed by atoms with E-state index in [2.05, 4.69) is 17.7 Å². The molecule has 1 nitrogen and oxygen atoms in total. The predicted octanol–water partition coefficient (Wildman–Crippen LogP) is 2.34. The molecule has 2 heteroatoms. The van der Waals surface area contributed by atoms with E-state index in [-0.39, 0.29) is 0 Å². The van der Waals surface area contributed by atoms with Crippen LogP contribution in [0, 0.1) is 12.3 Å². The molecule has 66 valence electrons. The van der Waals surface area contributed by atoms with Crippen molar-refractivity contribution >= 4 is 11.3 Å². The van der Waals surface area contributed by atoms with Crippen LogP contribution >= 0.6 is 11.3 Å². The van der Waals surface area contributed by atoms with E-state index >= 15 is 0 Å². The van der Waals surface area contributed by atoms with Crippen molar-refractivity contribution in [1.82, 2.24) is 0 Å². The predicted molar refractivity (Wildman–Crippen MR) is 53.5 cm³/mol. The van der Waals surface area contributed by atoms with Crippen LogP contribution < -0.4 is 5.73 Å². The average Bonchev–Trinajstić information content (AvgIpc) is 2.74. The second-order valence-corrected chi connectivity index (χ2v) is 4.70. The lowest BCUT2D eigenvalue weighted by molar-refractivity contribution is 0.521. The molecule has 1 aliphatic carbocycles. The fraction of sp³-hybridized carbons (Fsp3) is 0.600. The minimum atomic E-state index is 0.492. The molecular weight excluding hydrogens is 166 g/mol. The zero-order chi connectivity index (χ0) is 8.60. The highest BCUT2D eigenvalue weighted by Crippen LogP contribution is 2.47. The van der Waals surface area contributed by atoms with Gasteiger partial charge in [-0.2, -0.15) is 11.3 Å². The molecule has 1 saturated carbocycles. The van der Waals surface area contributed by atoms with Crippen molar-refractivity contribution in [3.63, 3.8) is 0 Å². The molecule has 1 aromatic rings. The van der Waals surface area contributed by atoms with Gasteiger partial charge >= 0.3 is 0 Å². The molecule has 0 aliphatic heterocycles. The van der Waals surface area contributed by atoms with Crippen molar-refractivity contribution in [2.75, 3.05) is 6.54 Å². The minimum absolute atomic E-state index is 0.492. The Kier molecular flexibility index (Phi) is 1.97. The zero-order valence-corrected chi connectivity index (χ0v) is 8.29. The lowest BCUT2D eigenvalue weighted by Crippen LogP contribution is -2.17. The van der Waals surface area contributed by atoms with Gasteiger partial charge in [-0.15, -0.1) is 0 Å². The number of hydrogen-bond acceptors (Lipinski definition) is 2. The van der Waals surface area contributed by atoms with Crippen molar-refractivity contribution in [2.45, 2.75) is 26.2 Å². The molecule has 1 fully saturated rings. The average molecular weight is 181 g/mol. The maximum atomic E-state index is 5.74. The van der Waals surface area contributed by atoms with Gasteiger partial charge in [0.1, 0.15) is 0 Å². The van der Waals surface area contributed by atoms with Gasteiger partial charge in [0, 0.05) is 0 Å². The molecule has 2 rings (SSSR count). The number of nitrogens with two attached hydrogens (primary N) is 1. The van der Waals surface area contributed by atoms with E-state index in [1.807, 2.05) is 0 Å². The Hall–Kier alpha value is -0.340. The molecule has 0 spiro atoms. The SMILES string of the molecule is Cc1cscc1CC1(CN)CC1. The largest absolute Gasteiger partial charge is 0.330 e. The first-order chi connectivity index (χ1) is 5.76. The van der Waals surface area contributed by atoms with Crippen molar-refractivity contribution in [1.29, 1.82) is 0 Å². The Morgan fingerprint density at radius 2 is 2.25 bits per heavy atom. The van der Waals surface area contributed by atoms with Gasteiger partial charge < -0.3 is 5.73 Å². The molecule has 12 heavy (non-hydrogen) atoms. The first-order valence-corrected chi connectivity index (χ1v) is 5.42. The first-order valence-electron chi connectivity index (χ1n) is 4.47. The summed E-state index contributed by atoms with van der Waals surface area (Å²) < 4.78 is 0. The van der Waals surface area contributed by atoms with E-state index in [1.54, 1.807) is 11.3 Å². The molecule has 2 N–H and O–H groups in total. The standard InChI is InChI=1S/C10H15NS/c1-8-5-12-6-9(8)4-10(7-11)2-3-10/h5-6H,2-4,7,11H2,1H3. The summed E-state index contributed by atoms with van der Waals surface area (Å²) in [4.78, 5) is 0. The van der Waals surface area contributed by atoms with E-state index in [4.69, 9.17) is 5.73 Å². The van der Waals surface area contributed by atoms with Crippen LogP contribution in [0.1, 0.15) is 24.0 Å². The Balaban J connectivity index is 2.08. The maximum absolute atomic E-state index is 5.74. The van der Waals surface area contributed by atoms with Crippen LogP contribution in [0.3, 0.4) is 0 Å². The van der Waals surface area contributed by atoms with Gasteiger partial charge in [-0.3, -0.25) is 0 Å². The molecule has 0 saturated heterocycles. The van der Waals surface area contributed by atoms with Crippen LogP contribution in [0.4, 0.5) is 0 Å². The molecule has 0 amide bonds. The highest BCUT2D eigenvalue weighted by molar-refractivity contribution is 7.08. The fourth-order valence-electron chi connectivity index (χ4n) is 1.60. The van der Waals surface area contributed by atoms with Crippen LogP contribution in [-0.2, 0) is 6.42 Å². The van der Waals surface area contributed by atoms with Crippen molar-refractivity contribution in [3.05, 3.63) is 21.9 Å². The Labute approximate surface area is 77.6 Å². The number of rotatable bonds is 3. The van der Waals surface area contributed by atoms with Gasteiger partial charge in [0.2, 0.25) is 0 Å². The van der Waals surface area contributed by atoms with Gasteiger partial charge in [-0.05, 0) is 60.0 Å². The lowest BCUT2D eigenvalue weighted by Gasteiger charge is -2.10. The lowest BCUT2D eigenvalue weighted by atomic mass is 9.97. The van der Waals surface area contributed by atoms with E-state index in [0.717, 1.165) is 6.54 Å². The topological polar surface area (TPSA) is 26.0 Å².